The largest absolute Gasteiger partial charge is 0.476 e. The van der Waals surface area contributed by atoms with Crippen molar-refractivity contribution in [2.24, 2.45) is 5.92 Å². The van der Waals surface area contributed by atoms with Crippen LogP contribution in [0.15, 0.2) is 36.8 Å². The van der Waals surface area contributed by atoms with Crippen LogP contribution in [0.1, 0.15) is 52.3 Å². The Balaban J connectivity index is 1.30. The van der Waals surface area contributed by atoms with E-state index >= 15 is 0 Å². The quantitative estimate of drug-likeness (QED) is 0.646. The van der Waals surface area contributed by atoms with Crippen molar-refractivity contribution in [1.82, 2.24) is 29.3 Å². The van der Waals surface area contributed by atoms with Crippen LogP contribution in [0.25, 0.3) is 5.65 Å². The van der Waals surface area contributed by atoms with Crippen LogP contribution >= 0.6 is 0 Å². The van der Waals surface area contributed by atoms with Gasteiger partial charge >= 0.3 is 0 Å². The van der Waals surface area contributed by atoms with Crippen molar-refractivity contribution in [3.8, 4) is 5.88 Å². The summed E-state index contributed by atoms with van der Waals surface area (Å²) in [6, 6.07) is 5.39. The Hall–Kier alpha value is -2.90. The Morgan fingerprint density at radius 1 is 1.27 bits per heavy atom. The molecule has 30 heavy (non-hydrogen) atoms. The van der Waals surface area contributed by atoms with Gasteiger partial charge in [0.2, 0.25) is 11.8 Å². The summed E-state index contributed by atoms with van der Waals surface area (Å²) in [7, 11) is 0. The summed E-state index contributed by atoms with van der Waals surface area (Å²) in [4.78, 5) is 19.3. The Morgan fingerprint density at radius 3 is 2.70 bits per heavy atom. The molecule has 0 saturated carbocycles. The van der Waals surface area contributed by atoms with Crippen molar-refractivity contribution in [3.05, 3.63) is 42.5 Å². The van der Waals surface area contributed by atoms with E-state index in [0.717, 1.165) is 37.3 Å². The van der Waals surface area contributed by atoms with Gasteiger partial charge in [0, 0.05) is 37.0 Å². The molecule has 1 aliphatic rings. The lowest BCUT2D eigenvalue weighted by Gasteiger charge is -2.33. The van der Waals surface area contributed by atoms with Gasteiger partial charge in [-0.05, 0) is 37.8 Å². The van der Waals surface area contributed by atoms with E-state index in [1.807, 2.05) is 42.4 Å². The molecule has 1 unspecified atom stereocenters. The van der Waals surface area contributed by atoms with E-state index in [2.05, 4.69) is 36.0 Å². The average molecular weight is 411 g/mol. The SMILES string of the molecule is CC(C(=O)N1CCC(COc2ccc3nc(C(C)(C)C)cn3n2)CC1)n1cccn1. The minimum Gasteiger partial charge on any atom is -0.476 e. The fourth-order valence-corrected chi connectivity index (χ4v) is 3.71. The van der Waals surface area contributed by atoms with Crippen LogP contribution in [0.2, 0.25) is 0 Å². The van der Waals surface area contributed by atoms with Gasteiger partial charge in [-0.2, -0.15) is 5.10 Å². The topological polar surface area (TPSA) is 77.5 Å². The summed E-state index contributed by atoms with van der Waals surface area (Å²) < 4.78 is 9.47. The minimum atomic E-state index is -0.267. The molecule has 8 nitrogen and oxygen atoms in total. The van der Waals surface area contributed by atoms with Gasteiger partial charge in [-0.15, -0.1) is 5.10 Å². The molecule has 0 spiro atoms. The monoisotopic (exact) mass is 410 g/mol. The lowest BCUT2D eigenvalue weighted by atomic mass is 9.93. The number of amides is 1. The van der Waals surface area contributed by atoms with Gasteiger partial charge in [-0.3, -0.25) is 9.48 Å². The lowest BCUT2D eigenvalue weighted by Crippen LogP contribution is -2.42. The number of rotatable bonds is 5. The maximum absolute atomic E-state index is 12.7. The molecule has 8 heteroatoms. The Kier molecular flexibility index (Phi) is 5.49. The predicted molar refractivity (Wildman–Crippen MR) is 113 cm³/mol. The summed E-state index contributed by atoms with van der Waals surface area (Å²) in [5, 5.41) is 8.73. The lowest BCUT2D eigenvalue weighted by molar-refractivity contribution is -0.136. The smallest absolute Gasteiger partial charge is 0.247 e. The molecule has 0 bridgehead atoms. The van der Waals surface area contributed by atoms with Crippen molar-refractivity contribution in [2.45, 2.75) is 52.0 Å². The first-order valence-corrected chi connectivity index (χ1v) is 10.6. The fourth-order valence-electron chi connectivity index (χ4n) is 3.71. The predicted octanol–water partition coefficient (Wildman–Crippen LogP) is 3.10. The molecule has 1 atom stereocenters. The third-order valence-electron chi connectivity index (χ3n) is 5.74. The number of nitrogens with zero attached hydrogens (tertiary/aromatic N) is 6. The van der Waals surface area contributed by atoms with Gasteiger partial charge in [0.05, 0.1) is 18.5 Å². The van der Waals surface area contributed by atoms with Crippen LogP contribution < -0.4 is 4.74 Å². The summed E-state index contributed by atoms with van der Waals surface area (Å²) in [5.74, 6) is 1.14. The number of fused-ring (bicyclic) bond motifs is 1. The molecule has 0 radical (unpaired) electrons. The standard InChI is InChI=1S/C22H30N6O2/c1-16(27-11-5-10-23-27)21(29)26-12-8-17(9-13-26)15-30-20-7-6-19-24-18(22(2,3)4)14-28(19)25-20/h5-7,10-11,14,16-17H,8-9,12-13,15H2,1-4H3. The number of ether oxygens (including phenoxy) is 1. The Bertz CT molecular complexity index is 996. The number of carbonyl (C=O) groups excluding carboxylic acids is 1. The number of imidazole rings is 1. The molecule has 1 aliphatic heterocycles. The van der Waals surface area contributed by atoms with Crippen LogP contribution in [0.5, 0.6) is 5.88 Å². The summed E-state index contributed by atoms with van der Waals surface area (Å²) in [5.41, 5.74) is 1.81. The third kappa shape index (κ3) is 4.32. The molecule has 4 heterocycles. The second kappa shape index (κ2) is 8.08. The van der Waals surface area contributed by atoms with Crippen molar-refractivity contribution in [2.75, 3.05) is 19.7 Å². The highest BCUT2D eigenvalue weighted by Crippen LogP contribution is 2.23. The highest BCUT2D eigenvalue weighted by Gasteiger charge is 2.27. The van der Waals surface area contributed by atoms with Crippen LogP contribution in [0, 0.1) is 5.92 Å². The van der Waals surface area contributed by atoms with Gasteiger partial charge < -0.3 is 9.64 Å². The van der Waals surface area contributed by atoms with Crippen LogP contribution in [-0.2, 0) is 10.2 Å². The summed E-state index contributed by atoms with van der Waals surface area (Å²) >= 11 is 0. The molecule has 3 aromatic heterocycles. The molecule has 1 saturated heterocycles. The normalized spacial score (nSPS) is 16.7. The van der Waals surface area contributed by atoms with E-state index in [1.54, 1.807) is 15.4 Å². The van der Waals surface area contributed by atoms with Crippen molar-refractivity contribution in [1.29, 1.82) is 0 Å². The average Bonchev–Trinajstić information content (AvgIpc) is 3.41. The first-order valence-electron chi connectivity index (χ1n) is 10.6. The fraction of sp³-hybridized carbons (Fsp3) is 0.545. The molecule has 160 valence electrons. The van der Waals surface area contributed by atoms with E-state index < -0.39 is 0 Å². The van der Waals surface area contributed by atoms with Gasteiger partial charge in [0.1, 0.15) is 6.04 Å². The van der Waals surface area contributed by atoms with Gasteiger partial charge in [0.15, 0.2) is 5.65 Å². The van der Waals surface area contributed by atoms with Gasteiger partial charge in [0.25, 0.3) is 0 Å². The van der Waals surface area contributed by atoms with E-state index in [9.17, 15) is 4.79 Å². The molecule has 0 aliphatic carbocycles. The van der Waals surface area contributed by atoms with Crippen molar-refractivity contribution >= 4 is 11.6 Å². The van der Waals surface area contributed by atoms with E-state index in [4.69, 9.17) is 4.74 Å². The number of aromatic nitrogens is 5. The van der Waals surface area contributed by atoms with Crippen LogP contribution in [0.4, 0.5) is 0 Å². The zero-order chi connectivity index (χ0) is 21.3. The minimum absolute atomic E-state index is 0.0188. The molecule has 3 aromatic rings. The first kappa shape index (κ1) is 20.4. The number of hydrogen-bond donors (Lipinski definition) is 0. The number of carbonyl (C=O) groups is 1. The molecule has 4 rings (SSSR count). The van der Waals surface area contributed by atoms with E-state index in [0.29, 0.717) is 18.4 Å². The number of piperidine rings is 1. The molecular weight excluding hydrogens is 380 g/mol. The highest BCUT2D eigenvalue weighted by atomic mass is 16.5. The van der Waals surface area contributed by atoms with Crippen molar-refractivity contribution < 1.29 is 9.53 Å². The van der Waals surface area contributed by atoms with Gasteiger partial charge in [-0.25, -0.2) is 9.50 Å². The molecule has 1 fully saturated rings. The molecule has 0 N–H and O–H groups in total. The second-order valence-electron chi connectivity index (χ2n) is 9.09. The molecular formula is C22H30N6O2. The zero-order valence-electron chi connectivity index (χ0n) is 18.2. The number of hydrogen-bond acceptors (Lipinski definition) is 5. The Morgan fingerprint density at radius 2 is 2.03 bits per heavy atom. The highest BCUT2D eigenvalue weighted by molar-refractivity contribution is 5.80. The van der Waals surface area contributed by atoms with Crippen LogP contribution in [0.3, 0.4) is 0 Å². The van der Waals surface area contributed by atoms with Crippen molar-refractivity contribution in [3.63, 3.8) is 0 Å². The maximum Gasteiger partial charge on any atom is 0.247 e. The first-order chi connectivity index (χ1) is 14.3. The van der Waals surface area contributed by atoms with E-state index in [1.165, 1.54) is 0 Å². The number of likely N-dealkylation sites (tertiary alicyclic amines) is 1. The van der Waals surface area contributed by atoms with Crippen LogP contribution in [-0.4, -0.2) is 54.9 Å². The second-order valence-corrected chi connectivity index (χ2v) is 9.09. The Labute approximate surface area is 176 Å². The van der Waals surface area contributed by atoms with E-state index in [-0.39, 0.29) is 17.4 Å². The third-order valence-corrected chi connectivity index (χ3v) is 5.74. The summed E-state index contributed by atoms with van der Waals surface area (Å²) in [6.45, 7) is 10.4. The molecule has 1 amide bonds. The maximum atomic E-state index is 12.7. The summed E-state index contributed by atoms with van der Waals surface area (Å²) in [6.07, 6.45) is 7.36. The zero-order valence-corrected chi connectivity index (χ0v) is 18.2. The molecule has 0 aromatic carbocycles. The van der Waals surface area contributed by atoms with Gasteiger partial charge in [-0.1, -0.05) is 20.8 Å².